The lowest BCUT2D eigenvalue weighted by atomic mass is 10.0. The molecule has 27 heavy (non-hydrogen) atoms. The second-order valence-corrected chi connectivity index (χ2v) is 7.53. The van der Waals surface area contributed by atoms with Crippen LogP contribution in [-0.4, -0.2) is 29.2 Å². The van der Waals surface area contributed by atoms with Crippen molar-refractivity contribution in [3.8, 4) is 0 Å². The Morgan fingerprint density at radius 3 is 2.52 bits per heavy atom. The fraction of sp³-hybridized carbons (Fsp3) is 0.333. The molecule has 1 amide bonds. The third-order valence-corrected chi connectivity index (χ3v) is 5.11. The Balaban J connectivity index is 1.42. The SMILES string of the molecule is O=C(C1CC1)N(Cc1ccc(F)cc1)C[C@H]1CC(c2ccc(Cl)cc2)=NO1. The van der Waals surface area contributed by atoms with E-state index in [-0.39, 0.29) is 23.7 Å². The first kappa shape index (κ1) is 18.0. The van der Waals surface area contributed by atoms with Crippen molar-refractivity contribution < 1.29 is 14.0 Å². The maximum Gasteiger partial charge on any atom is 0.226 e. The smallest absolute Gasteiger partial charge is 0.226 e. The fourth-order valence-corrected chi connectivity index (χ4v) is 3.34. The second kappa shape index (κ2) is 7.69. The highest BCUT2D eigenvalue weighted by atomic mass is 35.5. The van der Waals surface area contributed by atoms with Gasteiger partial charge in [0.1, 0.15) is 5.82 Å². The van der Waals surface area contributed by atoms with Gasteiger partial charge >= 0.3 is 0 Å². The molecule has 140 valence electrons. The van der Waals surface area contributed by atoms with Gasteiger partial charge in [0, 0.05) is 23.9 Å². The van der Waals surface area contributed by atoms with Gasteiger partial charge in [-0.2, -0.15) is 0 Å². The maximum absolute atomic E-state index is 13.2. The van der Waals surface area contributed by atoms with Crippen LogP contribution in [0.1, 0.15) is 30.4 Å². The van der Waals surface area contributed by atoms with Crippen molar-refractivity contribution in [2.45, 2.75) is 31.9 Å². The van der Waals surface area contributed by atoms with E-state index in [0.29, 0.717) is 24.5 Å². The number of carbonyl (C=O) groups is 1. The van der Waals surface area contributed by atoms with E-state index < -0.39 is 0 Å². The molecule has 0 unspecified atom stereocenters. The molecular weight excluding hydrogens is 367 g/mol. The van der Waals surface area contributed by atoms with Gasteiger partial charge in [0.05, 0.1) is 12.3 Å². The van der Waals surface area contributed by atoms with Crippen molar-refractivity contribution in [2.24, 2.45) is 11.1 Å². The summed E-state index contributed by atoms with van der Waals surface area (Å²) < 4.78 is 13.2. The van der Waals surface area contributed by atoms with Gasteiger partial charge in [-0.25, -0.2) is 4.39 Å². The monoisotopic (exact) mass is 386 g/mol. The van der Waals surface area contributed by atoms with Crippen LogP contribution in [0.5, 0.6) is 0 Å². The molecule has 2 aliphatic rings. The number of carbonyl (C=O) groups excluding carboxylic acids is 1. The average Bonchev–Trinajstić information content (AvgIpc) is 3.42. The zero-order valence-corrected chi connectivity index (χ0v) is 15.5. The summed E-state index contributed by atoms with van der Waals surface area (Å²) >= 11 is 5.93. The highest BCUT2D eigenvalue weighted by Gasteiger charge is 2.35. The zero-order chi connectivity index (χ0) is 18.8. The molecule has 4 nitrogen and oxygen atoms in total. The van der Waals surface area contributed by atoms with E-state index in [1.165, 1.54) is 12.1 Å². The summed E-state index contributed by atoms with van der Waals surface area (Å²) in [5, 5.41) is 4.87. The molecule has 1 fully saturated rings. The van der Waals surface area contributed by atoms with Crippen molar-refractivity contribution >= 4 is 23.2 Å². The van der Waals surface area contributed by atoms with Gasteiger partial charge in [-0.1, -0.05) is 41.0 Å². The average molecular weight is 387 g/mol. The third kappa shape index (κ3) is 4.48. The maximum atomic E-state index is 13.2. The lowest BCUT2D eigenvalue weighted by Gasteiger charge is -2.25. The van der Waals surface area contributed by atoms with E-state index in [1.807, 2.05) is 29.2 Å². The van der Waals surface area contributed by atoms with Gasteiger partial charge in [-0.15, -0.1) is 0 Å². The first-order valence-electron chi connectivity index (χ1n) is 9.10. The van der Waals surface area contributed by atoms with Crippen LogP contribution in [0.3, 0.4) is 0 Å². The predicted octanol–water partition coefficient (Wildman–Crippen LogP) is 4.41. The van der Waals surface area contributed by atoms with Crippen molar-refractivity contribution in [3.05, 3.63) is 70.5 Å². The highest BCUT2D eigenvalue weighted by molar-refractivity contribution is 6.30. The number of hydrogen-bond acceptors (Lipinski definition) is 3. The van der Waals surface area contributed by atoms with Crippen LogP contribution in [-0.2, 0) is 16.2 Å². The molecule has 1 saturated carbocycles. The topological polar surface area (TPSA) is 41.9 Å². The molecule has 0 N–H and O–H groups in total. The van der Waals surface area contributed by atoms with Gasteiger partial charge in [-0.3, -0.25) is 4.79 Å². The molecule has 1 aliphatic carbocycles. The van der Waals surface area contributed by atoms with Crippen molar-refractivity contribution in [1.29, 1.82) is 0 Å². The van der Waals surface area contributed by atoms with Crippen LogP contribution in [0.15, 0.2) is 53.7 Å². The Bertz CT molecular complexity index is 847. The molecular formula is C21H20ClFN2O2. The third-order valence-electron chi connectivity index (χ3n) is 4.86. The molecule has 0 spiro atoms. The fourth-order valence-electron chi connectivity index (χ4n) is 3.22. The van der Waals surface area contributed by atoms with E-state index in [0.717, 1.165) is 29.7 Å². The number of nitrogens with zero attached hydrogens (tertiary/aromatic N) is 2. The Morgan fingerprint density at radius 1 is 1.15 bits per heavy atom. The van der Waals surface area contributed by atoms with E-state index in [1.54, 1.807) is 12.1 Å². The van der Waals surface area contributed by atoms with Crippen LogP contribution < -0.4 is 0 Å². The number of rotatable bonds is 6. The zero-order valence-electron chi connectivity index (χ0n) is 14.8. The van der Waals surface area contributed by atoms with Crippen molar-refractivity contribution in [1.82, 2.24) is 4.90 Å². The Kier molecular flexibility index (Phi) is 5.12. The highest BCUT2D eigenvalue weighted by Crippen LogP contribution is 2.32. The normalized spacial score (nSPS) is 18.7. The predicted molar refractivity (Wildman–Crippen MR) is 102 cm³/mol. The van der Waals surface area contributed by atoms with E-state index in [4.69, 9.17) is 16.4 Å². The lowest BCUT2D eigenvalue weighted by Crippen LogP contribution is -2.38. The number of hydrogen-bond donors (Lipinski definition) is 0. The first-order valence-corrected chi connectivity index (χ1v) is 9.48. The lowest BCUT2D eigenvalue weighted by molar-refractivity contribution is -0.135. The molecule has 1 heterocycles. The van der Waals surface area contributed by atoms with Gasteiger partial charge < -0.3 is 9.74 Å². The molecule has 2 aromatic rings. The summed E-state index contributed by atoms with van der Waals surface area (Å²) in [6.07, 6.45) is 2.34. The Hall–Kier alpha value is -2.40. The Morgan fingerprint density at radius 2 is 1.85 bits per heavy atom. The molecule has 1 aliphatic heterocycles. The minimum absolute atomic E-state index is 0.114. The van der Waals surface area contributed by atoms with Crippen molar-refractivity contribution in [2.75, 3.05) is 6.54 Å². The van der Waals surface area contributed by atoms with Gasteiger partial charge in [-0.05, 0) is 48.2 Å². The standard InChI is InChI=1S/C21H20ClFN2O2/c22-17-7-5-15(6-8-17)20-11-19(27-24-20)13-25(21(26)16-3-4-16)12-14-1-9-18(23)10-2-14/h1-2,5-10,16,19H,3-4,11-13H2/t19-/m1/s1. The largest absolute Gasteiger partial charge is 0.390 e. The Labute approximate surface area is 162 Å². The molecule has 1 atom stereocenters. The first-order chi connectivity index (χ1) is 13.1. The number of benzene rings is 2. The van der Waals surface area contributed by atoms with E-state index >= 15 is 0 Å². The summed E-state index contributed by atoms with van der Waals surface area (Å²) in [6, 6.07) is 13.7. The summed E-state index contributed by atoms with van der Waals surface area (Å²) in [5.41, 5.74) is 2.74. The quantitative estimate of drug-likeness (QED) is 0.737. The summed E-state index contributed by atoms with van der Waals surface area (Å²) in [4.78, 5) is 20.1. The van der Waals surface area contributed by atoms with Gasteiger partial charge in [0.25, 0.3) is 0 Å². The van der Waals surface area contributed by atoms with E-state index in [9.17, 15) is 9.18 Å². The summed E-state index contributed by atoms with van der Waals surface area (Å²) in [7, 11) is 0. The van der Waals surface area contributed by atoms with Crippen LogP contribution in [0.2, 0.25) is 5.02 Å². The molecule has 0 bridgehead atoms. The summed E-state index contributed by atoms with van der Waals surface area (Å²) in [6.45, 7) is 0.916. The van der Waals surface area contributed by atoms with Crippen LogP contribution >= 0.6 is 11.6 Å². The molecule has 2 aromatic carbocycles. The molecule has 6 heteroatoms. The minimum Gasteiger partial charge on any atom is -0.390 e. The summed E-state index contributed by atoms with van der Waals surface area (Å²) in [5.74, 6) is -0.0228. The van der Waals surface area contributed by atoms with E-state index in [2.05, 4.69) is 5.16 Å². The minimum atomic E-state index is -0.279. The second-order valence-electron chi connectivity index (χ2n) is 7.10. The van der Waals surface area contributed by atoms with Crippen molar-refractivity contribution in [3.63, 3.8) is 0 Å². The number of amides is 1. The van der Waals surface area contributed by atoms with Crippen LogP contribution in [0, 0.1) is 11.7 Å². The van der Waals surface area contributed by atoms with Crippen LogP contribution in [0.4, 0.5) is 4.39 Å². The molecule has 0 aromatic heterocycles. The number of oxime groups is 1. The van der Waals surface area contributed by atoms with Gasteiger partial charge in [0.15, 0.2) is 6.10 Å². The molecule has 4 rings (SSSR count). The molecule has 0 radical (unpaired) electrons. The molecule has 0 saturated heterocycles. The number of halogens is 2. The van der Waals surface area contributed by atoms with Crippen LogP contribution in [0.25, 0.3) is 0 Å². The van der Waals surface area contributed by atoms with Gasteiger partial charge in [0.2, 0.25) is 5.91 Å².